The molecule has 2 N–H and O–H groups in total. The molecule has 1 amide bonds. The molecule has 9 rings (SSSR count). The lowest BCUT2D eigenvalue weighted by Gasteiger charge is -2.32. The quantitative estimate of drug-likeness (QED) is 0.102. The van der Waals surface area contributed by atoms with E-state index in [2.05, 4.69) is 60.7 Å². The molecule has 58 heavy (non-hydrogen) atoms. The topological polar surface area (TPSA) is 137 Å². The van der Waals surface area contributed by atoms with Crippen LogP contribution in [0.25, 0.3) is 31.6 Å². The number of benzene rings is 3. The van der Waals surface area contributed by atoms with E-state index in [1.54, 1.807) is 17.7 Å². The number of carbonyl (C=O) groups excluding carboxylic acids is 1. The predicted molar refractivity (Wildman–Crippen MR) is 233 cm³/mol. The van der Waals surface area contributed by atoms with Crippen LogP contribution in [0.1, 0.15) is 69.5 Å². The summed E-state index contributed by atoms with van der Waals surface area (Å²) in [5.74, 6) is 0.476. The summed E-state index contributed by atoms with van der Waals surface area (Å²) in [5.41, 5.74) is 6.63. The fourth-order valence-electron chi connectivity index (χ4n) is 7.77. The van der Waals surface area contributed by atoms with E-state index in [0.29, 0.717) is 53.2 Å². The van der Waals surface area contributed by atoms with Gasteiger partial charge in [-0.1, -0.05) is 54.7 Å². The van der Waals surface area contributed by atoms with Gasteiger partial charge in [0.1, 0.15) is 12.1 Å². The molecule has 2 aliphatic rings. The SMILES string of the molecule is CCCN(c1ncnc2c(-c3ccc(OCCCc4sc(N5CCc6cccc(C(=O)Nc7nc8ccccc8s7)c6C5)nc4C(=O)O)cc3)csc12)N1CCCC1. The molecule has 7 aromatic rings. The normalized spacial score (nSPS) is 14.3. The molecule has 15 heteroatoms. The van der Waals surface area contributed by atoms with Crippen molar-refractivity contribution in [2.45, 2.75) is 52.0 Å². The number of aromatic carboxylic acids is 1. The lowest BCUT2D eigenvalue weighted by atomic mass is 9.94. The number of thiazole rings is 2. The van der Waals surface area contributed by atoms with Gasteiger partial charge in [-0.25, -0.2) is 29.7 Å². The Balaban J connectivity index is 0.835. The predicted octanol–water partition coefficient (Wildman–Crippen LogP) is 9.18. The molecule has 0 atom stereocenters. The Labute approximate surface area is 347 Å². The summed E-state index contributed by atoms with van der Waals surface area (Å²) in [6, 6.07) is 21.7. The highest BCUT2D eigenvalue weighted by atomic mass is 32.1. The number of nitrogens with one attached hydrogen (secondary N) is 1. The Morgan fingerprint density at radius 1 is 0.966 bits per heavy atom. The smallest absolute Gasteiger partial charge is 0.355 e. The van der Waals surface area contributed by atoms with Gasteiger partial charge in [-0.2, -0.15) is 0 Å². The number of nitrogens with zero attached hydrogens (tertiary/aromatic N) is 7. The molecule has 0 unspecified atom stereocenters. The third kappa shape index (κ3) is 7.74. The Kier molecular flexibility index (Phi) is 11.0. The standard InChI is InChI=1S/C43H42N8O4S3/c1-2-19-51(50-20-5-6-21-50)39-38-36(44-26-45-39)32(25-56-38)28-14-16-29(17-15-28)55-23-8-13-35-37(41(53)54)47-43(58-35)49-22-18-27-9-7-10-30(31(27)24-49)40(52)48-42-46-33-11-3-4-12-34(33)57-42/h3-4,7,9-12,14-17,25-26H,2,5-6,8,13,18-24H2,1H3,(H,53,54)(H,46,48,52). The Morgan fingerprint density at radius 3 is 2.62 bits per heavy atom. The van der Waals surface area contributed by atoms with Crippen LogP contribution in [-0.4, -0.2) is 74.7 Å². The number of rotatable bonds is 14. The second-order valence-corrected chi connectivity index (χ2v) is 17.4. The summed E-state index contributed by atoms with van der Waals surface area (Å²) < 4.78 is 8.24. The number of para-hydroxylation sites is 1. The summed E-state index contributed by atoms with van der Waals surface area (Å²) in [5, 5.41) is 21.2. The minimum atomic E-state index is -1.05. The van der Waals surface area contributed by atoms with Crippen molar-refractivity contribution in [3.05, 3.63) is 106 Å². The fourth-order valence-corrected chi connectivity index (χ4v) is 10.8. The van der Waals surface area contributed by atoms with Crippen molar-refractivity contribution in [1.82, 2.24) is 24.9 Å². The number of aryl methyl sites for hydroxylation is 1. The number of hydrogen-bond acceptors (Lipinski definition) is 13. The molecule has 0 radical (unpaired) electrons. The lowest BCUT2D eigenvalue weighted by Crippen LogP contribution is -2.42. The molecular weight excluding hydrogens is 789 g/mol. The molecule has 0 spiro atoms. The third-order valence-electron chi connectivity index (χ3n) is 10.6. The van der Waals surface area contributed by atoms with Gasteiger partial charge in [-0.3, -0.25) is 15.1 Å². The number of amides is 1. The van der Waals surface area contributed by atoms with Crippen LogP contribution in [0.15, 0.2) is 78.4 Å². The van der Waals surface area contributed by atoms with Crippen LogP contribution >= 0.6 is 34.0 Å². The molecule has 296 valence electrons. The van der Waals surface area contributed by atoms with Crippen molar-refractivity contribution in [2.75, 3.05) is 48.0 Å². The Bertz CT molecular complexity index is 2570. The van der Waals surface area contributed by atoms with Gasteiger partial charge in [-0.05, 0) is 85.5 Å². The zero-order valence-electron chi connectivity index (χ0n) is 32.0. The number of ether oxygens (including phenoxy) is 1. The van der Waals surface area contributed by atoms with Gasteiger partial charge in [-0.15, -0.1) is 22.7 Å². The zero-order valence-corrected chi connectivity index (χ0v) is 34.5. The van der Waals surface area contributed by atoms with Crippen LogP contribution in [0.5, 0.6) is 5.75 Å². The van der Waals surface area contributed by atoms with E-state index in [1.165, 1.54) is 35.5 Å². The monoisotopic (exact) mass is 830 g/mol. The first-order chi connectivity index (χ1) is 28.4. The zero-order chi connectivity index (χ0) is 39.6. The second-order valence-electron chi connectivity index (χ2n) is 14.4. The molecule has 0 bridgehead atoms. The summed E-state index contributed by atoms with van der Waals surface area (Å²) in [7, 11) is 0. The van der Waals surface area contributed by atoms with Gasteiger partial charge in [0, 0.05) is 54.1 Å². The number of carbonyl (C=O) groups is 2. The molecule has 4 aromatic heterocycles. The fraction of sp³-hybridized carbons (Fsp3) is 0.302. The maximum absolute atomic E-state index is 13.5. The van der Waals surface area contributed by atoms with Gasteiger partial charge in [0.05, 0.1) is 27.0 Å². The summed E-state index contributed by atoms with van der Waals surface area (Å²) in [6.45, 7) is 6.80. The molecular formula is C43H42N8O4S3. The molecule has 6 heterocycles. The number of carboxylic acids is 1. The van der Waals surface area contributed by atoms with E-state index in [9.17, 15) is 14.7 Å². The van der Waals surface area contributed by atoms with Crippen LogP contribution in [0.4, 0.5) is 16.1 Å². The van der Waals surface area contributed by atoms with E-state index >= 15 is 0 Å². The Hall–Kier alpha value is -5.48. The minimum absolute atomic E-state index is 0.0743. The summed E-state index contributed by atoms with van der Waals surface area (Å²) in [4.78, 5) is 47.3. The van der Waals surface area contributed by atoms with E-state index < -0.39 is 5.97 Å². The molecule has 1 saturated heterocycles. The van der Waals surface area contributed by atoms with E-state index in [-0.39, 0.29) is 11.6 Å². The van der Waals surface area contributed by atoms with Crippen LogP contribution in [0, 0.1) is 0 Å². The van der Waals surface area contributed by atoms with Crippen LogP contribution in [-0.2, 0) is 19.4 Å². The van der Waals surface area contributed by atoms with Crippen molar-refractivity contribution >= 4 is 82.4 Å². The van der Waals surface area contributed by atoms with Crippen molar-refractivity contribution < 1.29 is 19.4 Å². The van der Waals surface area contributed by atoms with E-state index in [4.69, 9.17) is 14.7 Å². The summed E-state index contributed by atoms with van der Waals surface area (Å²) >= 11 is 4.53. The maximum Gasteiger partial charge on any atom is 0.355 e. The summed E-state index contributed by atoms with van der Waals surface area (Å²) in [6.07, 6.45) is 7.01. The molecule has 12 nitrogen and oxygen atoms in total. The highest BCUT2D eigenvalue weighted by Gasteiger charge is 2.27. The molecule has 0 aliphatic carbocycles. The number of hydrazine groups is 1. The third-order valence-corrected chi connectivity index (χ3v) is 13.7. The number of fused-ring (bicyclic) bond motifs is 3. The van der Waals surface area contributed by atoms with Gasteiger partial charge < -0.3 is 14.7 Å². The van der Waals surface area contributed by atoms with Crippen molar-refractivity contribution in [2.24, 2.45) is 0 Å². The van der Waals surface area contributed by atoms with Crippen molar-refractivity contribution in [1.29, 1.82) is 0 Å². The minimum Gasteiger partial charge on any atom is -0.494 e. The molecule has 2 aliphatic heterocycles. The molecule has 0 saturated carbocycles. The van der Waals surface area contributed by atoms with Crippen LogP contribution in [0.2, 0.25) is 0 Å². The van der Waals surface area contributed by atoms with Gasteiger partial charge in [0.2, 0.25) is 0 Å². The Morgan fingerprint density at radius 2 is 1.81 bits per heavy atom. The van der Waals surface area contributed by atoms with Crippen LogP contribution in [0.3, 0.4) is 0 Å². The first-order valence-electron chi connectivity index (χ1n) is 19.7. The average Bonchev–Trinajstić information content (AvgIpc) is 4.08. The van der Waals surface area contributed by atoms with Gasteiger partial charge >= 0.3 is 5.97 Å². The number of hydrogen-bond donors (Lipinski definition) is 2. The average molecular weight is 831 g/mol. The second kappa shape index (κ2) is 16.8. The number of anilines is 3. The number of thiophene rings is 1. The first-order valence-corrected chi connectivity index (χ1v) is 22.2. The highest BCUT2D eigenvalue weighted by molar-refractivity contribution is 7.22. The van der Waals surface area contributed by atoms with Crippen molar-refractivity contribution in [3.8, 4) is 16.9 Å². The van der Waals surface area contributed by atoms with Gasteiger partial charge in [0.15, 0.2) is 21.8 Å². The largest absolute Gasteiger partial charge is 0.494 e. The number of aromatic nitrogens is 4. The van der Waals surface area contributed by atoms with E-state index in [0.717, 1.165) is 86.7 Å². The number of carboxylic acid groups (broad SMARTS) is 1. The maximum atomic E-state index is 13.5. The highest BCUT2D eigenvalue weighted by Crippen LogP contribution is 2.39. The first kappa shape index (κ1) is 38.1. The van der Waals surface area contributed by atoms with Crippen LogP contribution < -0.4 is 20.0 Å². The molecule has 1 fully saturated rings. The van der Waals surface area contributed by atoms with Gasteiger partial charge in [0.25, 0.3) is 5.91 Å². The lowest BCUT2D eigenvalue weighted by molar-refractivity contribution is 0.0690. The van der Waals surface area contributed by atoms with E-state index in [1.807, 2.05) is 48.5 Å². The molecule has 3 aromatic carbocycles. The van der Waals surface area contributed by atoms with Crippen molar-refractivity contribution in [3.63, 3.8) is 0 Å².